The van der Waals surface area contributed by atoms with Crippen LogP contribution in [0.4, 0.5) is 13.2 Å². The maximum atomic E-state index is 12.5. The second kappa shape index (κ2) is 9.63. The largest absolute Gasteiger partial charge is 0.484 e. The molecule has 2 aromatic carbocycles. The molecule has 0 aliphatic heterocycles. The van der Waals surface area contributed by atoms with Crippen LogP contribution in [0.1, 0.15) is 11.1 Å². The minimum absolute atomic E-state index is 0.167. The first-order valence-corrected chi connectivity index (χ1v) is 8.24. The SMILES string of the molecule is O=C(O)COc1ccc(CCNC(=O)COc2ccc(C(F)(F)F)cc2)cc1. The molecule has 0 heterocycles. The van der Waals surface area contributed by atoms with Crippen molar-refractivity contribution in [3.8, 4) is 11.5 Å². The fourth-order valence-electron chi connectivity index (χ4n) is 2.18. The van der Waals surface area contributed by atoms with E-state index in [2.05, 4.69) is 5.32 Å². The molecule has 0 atom stereocenters. The Kier molecular flexibility index (Phi) is 7.25. The molecule has 2 N–H and O–H groups in total. The molecule has 150 valence electrons. The van der Waals surface area contributed by atoms with Gasteiger partial charge in [0.05, 0.1) is 5.56 Å². The molecular weight excluding hydrogens is 379 g/mol. The van der Waals surface area contributed by atoms with Gasteiger partial charge in [-0.2, -0.15) is 13.2 Å². The number of benzene rings is 2. The van der Waals surface area contributed by atoms with E-state index in [-0.39, 0.29) is 12.4 Å². The van der Waals surface area contributed by atoms with Crippen molar-refractivity contribution in [1.82, 2.24) is 5.32 Å². The zero-order valence-electron chi connectivity index (χ0n) is 14.7. The van der Waals surface area contributed by atoms with E-state index < -0.39 is 30.2 Å². The molecule has 2 rings (SSSR count). The Labute approximate surface area is 158 Å². The lowest BCUT2D eigenvalue weighted by Gasteiger charge is -2.10. The number of rotatable bonds is 9. The first-order chi connectivity index (χ1) is 13.2. The molecule has 9 heteroatoms. The molecule has 28 heavy (non-hydrogen) atoms. The van der Waals surface area contributed by atoms with Crippen LogP contribution in [-0.4, -0.2) is 36.7 Å². The number of hydrogen-bond acceptors (Lipinski definition) is 4. The first kappa shape index (κ1) is 21.1. The van der Waals surface area contributed by atoms with Gasteiger partial charge in [0.1, 0.15) is 11.5 Å². The maximum absolute atomic E-state index is 12.5. The average Bonchev–Trinajstić information content (AvgIpc) is 2.65. The van der Waals surface area contributed by atoms with Crippen molar-refractivity contribution < 1.29 is 37.3 Å². The number of aliphatic carboxylic acids is 1. The number of carboxylic acid groups (broad SMARTS) is 1. The van der Waals surface area contributed by atoms with Crippen LogP contribution in [0, 0.1) is 0 Å². The van der Waals surface area contributed by atoms with Crippen molar-refractivity contribution in [2.75, 3.05) is 19.8 Å². The van der Waals surface area contributed by atoms with E-state index in [0.29, 0.717) is 18.7 Å². The first-order valence-electron chi connectivity index (χ1n) is 8.24. The van der Waals surface area contributed by atoms with Gasteiger partial charge in [-0.05, 0) is 48.4 Å². The molecule has 0 aliphatic carbocycles. The van der Waals surface area contributed by atoms with Crippen molar-refractivity contribution in [1.29, 1.82) is 0 Å². The number of alkyl halides is 3. The number of carbonyl (C=O) groups excluding carboxylic acids is 1. The average molecular weight is 397 g/mol. The Morgan fingerprint density at radius 1 is 0.893 bits per heavy atom. The Morgan fingerprint density at radius 2 is 1.43 bits per heavy atom. The van der Waals surface area contributed by atoms with Gasteiger partial charge in [0.2, 0.25) is 0 Å². The molecule has 6 nitrogen and oxygen atoms in total. The summed E-state index contributed by atoms with van der Waals surface area (Å²) >= 11 is 0. The summed E-state index contributed by atoms with van der Waals surface area (Å²) in [6, 6.07) is 10.9. The normalized spacial score (nSPS) is 11.0. The van der Waals surface area contributed by atoms with Crippen LogP contribution >= 0.6 is 0 Å². The summed E-state index contributed by atoms with van der Waals surface area (Å²) in [6.07, 6.45) is -3.89. The zero-order valence-corrected chi connectivity index (χ0v) is 14.7. The lowest BCUT2D eigenvalue weighted by atomic mass is 10.1. The molecule has 1 amide bonds. The van der Waals surface area contributed by atoms with Crippen LogP contribution in [0.2, 0.25) is 0 Å². The van der Waals surface area contributed by atoms with E-state index in [0.717, 1.165) is 29.8 Å². The molecule has 0 aliphatic rings. The fourth-order valence-corrected chi connectivity index (χ4v) is 2.18. The van der Waals surface area contributed by atoms with Crippen LogP contribution in [-0.2, 0) is 22.2 Å². The van der Waals surface area contributed by atoms with Gasteiger partial charge >= 0.3 is 12.1 Å². The Morgan fingerprint density at radius 3 is 1.96 bits per heavy atom. The third kappa shape index (κ3) is 7.18. The topological polar surface area (TPSA) is 84.9 Å². The van der Waals surface area contributed by atoms with E-state index >= 15 is 0 Å². The van der Waals surface area contributed by atoms with Gasteiger partial charge in [-0.25, -0.2) is 4.79 Å². The fraction of sp³-hybridized carbons (Fsp3) is 0.263. The molecule has 2 aromatic rings. The Balaban J connectivity index is 1.69. The molecule has 0 fully saturated rings. The van der Waals surface area contributed by atoms with Crippen molar-refractivity contribution >= 4 is 11.9 Å². The van der Waals surface area contributed by atoms with Gasteiger partial charge in [-0.1, -0.05) is 12.1 Å². The van der Waals surface area contributed by atoms with E-state index in [1.165, 1.54) is 0 Å². The van der Waals surface area contributed by atoms with Crippen LogP contribution < -0.4 is 14.8 Å². The molecule has 0 saturated heterocycles. The van der Waals surface area contributed by atoms with Gasteiger partial charge in [0.15, 0.2) is 13.2 Å². The van der Waals surface area contributed by atoms with E-state index in [9.17, 15) is 22.8 Å². The highest BCUT2D eigenvalue weighted by Gasteiger charge is 2.30. The number of ether oxygens (including phenoxy) is 2. The molecule has 0 aromatic heterocycles. The number of hydrogen-bond donors (Lipinski definition) is 2. The predicted molar refractivity (Wildman–Crippen MR) is 93.2 cm³/mol. The van der Waals surface area contributed by atoms with Gasteiger partial charge in [-0.3, -0.25) is 4.79 Å². The van der Waals surface area contributed by atoms with E-state index in [1.807, 2.05) is 0 Å². The molecule has 0 unspecified atom stereocenters. The predicted octanol–water partition coefficient (Wildman–Crippen LogP) is 2.91. The smallest absolute Gasteiger partial charge is 0.416 e. The maximum Gasteiger partial charge on any atom is 0.416 e. The Hall–Kier alpha value is -3.23. The summed E-state index contributed by atoms with van der Waals surface area (Å²) in [5, 5.41) is 11.2. The van der Waals surface area contributed by atoms with Crippen LogP contribution in [0.25, 0.3) is 0 Å². The molecular formula is C19H18F3NO5. The summed E-state index contributed by atoms with van der Waals surface area (Å²) in [5.74, 6) is -0.869. The summed E-state index contributed by atoms with van der Waals surface area (Å²) in [5.41, 5.74) is 0.121. The lowest BCUT2D eigenvalue weighted by molar-refractivity contribution is -0.139. The summed E-state index contributed by atoms with van der Waals surface area (Å²) < 4.78 is 47.6. The van der Waals surface area contributed by atoms with Crippen LogP contribution in [0.15, 0.2) is 48.5 Å². The third-order valence-corrected chi connectivity index (χ3v) is 3.57. The highest BCUT2D eigenvalue weighted by atomic mass is 19.4. The van der Waals surface area contributed by atoms with Crippen molar-refractivity contribution in [2.24, 2.45) is 0 Å². The summed E-state index contributed by atoms with van der Waals surface area (Å²) in [7, 11) is 0. The number of amides is 1. The van der Waals surface area contributed by atoms with Gasteiger partial charge < -0.3 is 19.9 Å². The number of carbonyl (C=O) groups is 2. The standard InChI is InChI=1S/C19H18F3NO5/c20-19(21,22)14-3-7-16(8-4-14)27-11-17(24)23-10-9-13-1-5-15(6-2-13)28-12-18(25)26/h1-8H,9-12H2,(H,23,24)(H,25,26). The van der Waals surface area contributed by atoms with Crippen LogP contribution in [0.3, 0.4) is 0 Å². The van der Waals surface area contributed by atoms with Gasteiger partial charge in [0.25, 0.3) is 5.91 Å². The molecule has 0 spiro atoms. The second-order valence-corrected chi connectivity index (χ2v) is 5.74. The Bertz CT molecular complexity index is 789. The molecule has 0 bridgehead atoms. The monoisotopic (exact) mass is 397 g/mol. The highest BCUT2D eigenvalue weighted by Crippen LogP contribution is 2.30. The van der Waals surface area contributed by atoms with Gasteiger partial charge in [0, 0.05) is 6.54 Å². The lowest BCUT2D eigenvalue weighted by Crippen LogP contribution is -2.30. The van der Waals surface area contributed by atoms with E-state index in [4.69, 9.17) is 14.6 Å². The number of nitrogens with one attached hydrogen (secondary N) is 1. The summed E-state index contributed by atoms with van der Waals surface area (Å²) in [6.45, 7) is -0.397. The second-order valence-electron chi connectivity index (χ2n) is 5.74. The number of halogens is 3. The molecule has 0 saturated carbocycles. The number of carboxylic acids is 1. The minimum atomic E-state index is -4.42. The quantitative estimate of drug-likeness (QED) is 0.680. The summed E-state index contributed by atoms with van der Waals surface area (Å²) in [4.78, 5) is 22.2. The zero-order chi connectivity index (χ0) is 20.6. The highest BCUT2D eigenvalue weighted by molar-refractivity contribution is 5.77. The molecule has 0 radical (unpaired) electrons. The minimum Gasteiger partial charge on any atom is -0.484 e. The van der Waals surface area contributed by atoms with Crippen molar-refractivity contribution in [2.45, 2.75) is 12.6 Å². The van der Waals surface area contributed by atoms with Crippen molar-refractivity contribution in [3.05, 3.63) is 59.7 Å². The third-order valence-electron chi connectivity index (χ3n) is 3.57. The van der Waals surface area contributed by atoms with Crippen LogP contribution in [0.5, 0.6) is 11.5 Å². The van der Waals surface area contributed by atoms with Gasteiger partial charge in [-0.15, -0.1) is 0 Å². The van der Waals surface area contributed by atoms with E-state index in [1.54, 1.807) is 24.3 Å². The van der Waals surface area contributed by atoms with Crippen molar-refractivity contribution in [3.63, 3.8) is 0 Å².